The van der Waals surface area contributed by atoms with Gasteiger partial charge in [0.1, 0.15) is 12.6 Å². The van der Waals surface area contributed by atoms with Gasteiger partial charge in [-0.2, -0.15) is 0 Å². The molecule has 9 heteroatoms. The fourth-order valence-electron chi connectivity index (χ4n) is 2.64. The van der Waals surface area contributed by atoms with Crippen LogP contribution in [-0.4, -0.2) is 41.7 Å². The van der Waals surface area contributed by atoms with Crippen LogP contribution in [0.15, 0.2) is 59.1 Å². The standard InChI is InChI=1S/C21H24BrN3O5/c22-16-8-4-7-15(9-16)10-18(20(23)28)25-19(27)11-17(26)12-24-21(29)30-13-14-5-2-1-3-6-14/h1-9,17-18,26H,10-13H2,(H2,23,28)(H,24,29)(H,25,27)/t17-,18-/m1/s1. The maximum atomic E-state index is 12.1. The second-order valence-electron chi connectivity index (χ2n) is 6.66. The molecule has 0 aliphatic heterocycles. The normalized spacial score (nSPS) is 12.5. The maximum Gasteiger partial charge on any atom is 0.407 e. The van der Waals surface area contributed by atoms with Gasteiger partial charge in [0.25, 0.3) is 0 Å². The van der Waals surface area contributed by atoms with Crippen LogP contribution in [0, 0.1) is 0 Å². The highest BCUT2D eigenvalue weighted by Gasteiger charge is 2.21. The fraction of sp³-hybridized carbons (Fsp3) is 0.286. The summed E-state index contributed by atoms with van der Waals surface area (Å²) in [6.07, 6.45) is -1.93. The number of hydrogen-bond acceptors (Lipinski definition) is 5. The molecule has 2 atom stereocenters. The first-order valence-corrected chi connectivity index (χ1v) is 10.1. The Morgan fingerprint density at radius 3 is 2.43 bits per heavy atom. The van der Waals surface area contributed by atoms with E-state index in [2.05, 4.69) is 26.6 Å². The Hall–Kier alpha value is -2.91. The SMILES string of the molecule is NC(=O)[C@@H](Cc1cccc(Br)c1)NC(=O)C[C@@H](O)CNC(=O)OCc1ccccc1. The Bertz CT molecular complexity index is 863. The van der Waals surface area contributed by atoms with Gasteiger partial charge in [-0.3, -0.25) is 9.59 Å². The minimum atomic E-state index is -1.14. The highest BCUT2D eigenvalue weighted by Crippen LogP contribution is 2.13. The van der Waals surface area contributed by atoms with E-state index in [1.807, 2.05) is 54.6 Å². The van der Waals surface area contributed by atoms with E-state index in [0.29, 0.717) is 0 Å². The highest BCUT2D eigenvalue weighted by molar-refractivity contribution is 9.10. The van der Waals surface area contributed by atoms with Crippen LogP contribution >= 0.6 is 15.9 Å². The number of aliphatic hydroxyl groups excluding tert-OH is 1. The van der Waals surface area contributed by atoms with Crippen molar-refractivity contribution in [2.75, 3.05) is 6.54 Å². The zero-order valence-corrected chi connectivity index (χ0v) is 17.8. The van der Waals surface area contributed by atoms with E-state index < -0.39 is 30.1 Å². The lowest BCUT2D eigenvalue weighted by Crippen LogP contribution is -2.47. The third kappa shape index (κ3) is 8.62. The molecular formula is C21H24BrN3O5. The quantitative estimate of drug-likeness (QED) is 0.413. The Balaban J connectivity index is 1.73. The molecule has 2 aromatic rings. The molecule has 0 aromatic heterocycles. The van der Waals surface area contributed by atoms with Crippen molar-refractivity contribution in [3.8, 4) is 0 Å². The van der Waals surface area contributed by atoms with Gasteiger partial charge in [-0.1, -0.05) is 58.4 Å². The fourth-order valence-corrected chi connectivity index (χ4v) is 3.08. The van der Waals surface area contributed by atoms with E-state index in [1.165, 1.54) is 0 Å². The van der Waals surface area contributed by atoms with Gasteiger partial charge < -0.3 is 26.2 Å². The van der Waals surface area contributed by atoms with Gasteiger partial charge in [-0.15, -0.1) is 0 Å². The summed E-state index contributed by atoms with van der Waals surface area (Å²) in [6.45, 7) is -0.0763. The number of benzene rings is 2. The largest absolute Gasteiger partial charge is 0.445 e. The molecule has 0 aliphatic rings. The van der Waals surface area contributed by atoms with Crippen molar-refractivity contribution >= 4 is 33.8 Å². The number of carbonyl (C=O) groups excluding carboxylic acids is 3. The third-order valence-electron chi connectivity index (χ3n) is 4.12. The molecule has 0 saturated heterocycles. The predicted molar refractivity (Wildman–Crippen MR) is 114 cm³/mol. The van der Waals surface area contributed by atoms with Crippen LogP contribution in [-0.2, 0) is 27.4 Å². The van der Waals surface area contributed by atoms with E-state index in [0.717, 1.165) is 15.6 Å². The Morgan fingerprint density at radius 2 is 1.77 bits per heavy atom. The zero-order valence-electron chi connectivity index (χ0n) is 16.2. The van der Waals surface area contributed by atoms with Crippen LogP contribution in [0.4, 0.5) is 4.79 Å². The van der Waals surface area contributed by atoms with Gasteiger partial charge in [-0.25, -0.2) is 4.79 Å². The first-order chi connectivity index (χ1) is 14.3. The summed E-state index contributed by atoms with van der Waals surface area (Å²) in [5, 5.41) is 14.9. The number of ether oxygens (including phenoxy) is 1. The first-order valence-electron chi connectivity index (χ1n) is 9.29. The van der Waals surface area contributed by atoms with Crippen molar-refractivity contribution in [1.82, 2.24) is 10.6 Å². The van der Waals surface area contributed by atoms with E-state index in [9.17, 15) is 19.5 Å². The molecule has 0 saturated carbocycles. The van der Waals surface area contributed by atoms with Gasteiger partial charge in [0.15, 0.2) is 0 Å². The molecule has 0 spiro atoms. The second-order valence-corrected chi connectivity index (χ2v) is 7.57. The van der Waals surface area contributed by atoms with E-state index in [-0.39, 0.29) is 26.0 Å². The molecule has 0 fully saturated rings. The number of nitrogens with one attached hydrogen (secondary N) is 2. The third-order valence-corrected chi connectivity index (χ3v) is 4.62. The lowest BCUT2D eigenvalue weighted by atomic mass is 10.1. The van der Waals surface area contributed by atoms with Gasteiger partial charge >= 0.3 is 6.09 Å². The van der Waals surface area contributed by atoms with Crippen molar-refractivity contribution < 1.29 is 24.2 Å². The van der Waals surface area contributed by atoms with Crippen LogP contribution in [0.25, 0.3) is 0 Å². The van der Waals surface area contributed by atoms with Gasteiger partial charge in [0.2, 0.25) is 11.8 Å². The van der Waals surface area contributed by atoms with Crippen LogP contribution in [0.3, 0.4) is 0 Å². The smallest absolute Gasteiger partial charge is 0.407 e. The number of primary amides is 1. The summed E-state index contributed by atoms with van der Waals surface area (Å²) in [5.41, 5.74) is 7.03. The molecule has 0 bridgehead atoms. The van der Waals surface area contributed by atoms with Crippen LogP contribution in [0.2, 0.25) is 0 Å². The van der Waals surface area contributed by atoms with Gasteiger partial charge in [-0.05, 0) is 23.3 Å². The topological polar surface area (TPSA) is 131 Å². The molecular weight excluding hydrogens is 454 g/mol. The zero-order chi connectivity index (χ0) is 21.9. The van der Waals surface area contributed by atoms with E-state index >= 15 is 0 Å². The van der Waals surface area contributed by atoms with Crippen molar-refractivity contribution in [3.05, 3.63) is 70.2 Å². The molecule has 160 valence electrons. The Kier molecular flexibility index (Phi) is 9.30. The average Bonchev–Trinajstić information content (AvgIpc) is 2.71. The molecule has 0 aliphatic carbocycles. The van der Waals surface area contributed by atoms with Gasteiger partial charge in [0.05, 0.1) is 12.5 Å². The molecule has 0 heterocycles. The first kappa shape index (κ1) is 23.4. The van der Waals surface area contributed by atoms with Crippen LogP contribution in [0.1, 0.15) is 17.5 Å². The lowest BCUT2D eigenvalue weighted by molar-refractivity contribution is -0.128. The Labute approximate surface area is 182 Å². The number of carbonyl (C=O) groups is 3. The van der Waals surface area contributed by atoms with E-state index in [1.54, 1.807) is 0 Å². The highest BCUT2D eigenvalue weighted by atomic mass is 79.9. The minimum Gasteiger partial charge on any atom is -0.445 e. The number of rotatable bonds is 10. The summed E-state index contributed by atoms with van der Waals surface area (Å²) in [4.78, 5) is 35.5. The maximum absolute atomic E-state index is 12.1. The molecule has 2 aromatic carbocycles. The van der Waals surface area contributed by atoms with Gasteiger partial charge in [0, 0.05) is 17.4 Å². The monoisotopic (exact) mass is 477 g/mol. The number of amides is 3. The van der Waals surface area contributed by atoms with Crippen LogP contribution < -0.4 is 16.4 Å². The van der Waals surface area contributed by atoms with Crippen molar-refractivity contribution in [3.63, 3.8) is 0 Å². The second kappa shape index (κ2) is 11.9. The number of alkyl carbamates (subject to hydrolysis) is 1. The number of halogens is 1. The number of hydrogen-bond donors (Lipinski definition) is 4. The molecule has 3 amide bonds. The molecule has 5 N–H and O–H groups in total. The van der Waals surface area contributed by atoms with Crippen molar-refractivity contribution in [1.29, 1.82) is 0 Å². The summed E-state index contributed by atoms with van der Waals surface area (Å²) < 4.78 is 5.87. The molecule has 30 heavy (non-hydrogen) atoms. The number of aliphatic hydroxyl groups is 1. The lowest BCUT2D eigenvalue weighted by Gasteiger charge is -2.17. The summed E-state index contributed by atoms with van der Waals surface area (Å²) in [5.74, 6) is -1.24. The average molecular weight is 478 g/mol. The minimum absolute atomic E-state index is 0.0964. The summed E-state index contributed by atoms with van der Waals surface area (Å²) in [7, 11) is 0. The summed E-state index contributed by atoms with van der Waals surface area (Å²) in [6, 6.07) is 15.5. The molecule has 8 nitrogen and oxygen atoms in total. The molecule has 0 radical (unpaired) electrons. The van der Waals surface area contributed by atoms with Crippen LogP contribution in [0.5, 0.6) is 0 Å². The molecule has 2 rings (SSSR count). The predicted octanol–water partition coefficient (Wildman–Crippen LogP) is 1.64. The van der Waals surface area contributed by atoms with Crippen molar-refractivity contribution in [2.45, 2.75) is 31.6 Å². The van der Waals surface area contributed by atoms with Crippen molar-refractivity contribution in [2.24, 2.45) is 5.73 Å². The summed E-state index contributed by atoms with van der Waals surface area (Å²) >= 11 is 3.34. The number of nitrogens with two attached hydrogens (primary N) is 1. The Morgan fingerprint density at radius 1 is 1.07 bits per heavy atom. The molecule has 0 unspecified atom stereocenters. The van der Waals surface area contributed by atoms with E-state index in [4.69, 9.17) is 10.5 Å².